The lowest BCUT2D eigenvalue weighted by atomic mass is 10.1. The third kappa shape index (κ3) is 4.85. The van der Waals surface area contributed by atoms with Crippen molar-refractivity contribution in [1.82, 2.24) is 19.2 Å². The molecule has 2 aromatic carbocycles. The number of benzene rings is 2. The molecule has 2 aromatic heterocycles. The molecule has 0 spiro atoms. The molecule has 5 rings (SSSR count). The Morgan fingerprint density at radius 2 is 1.62 bits per heavy atom. The highest BCUT2D eigenvalue weighted by atomic mass is 35.5. The predicted molar refractivity (Wildman–Crippen MR) is 138 cm³/mol. The van der Waals surface area contributed by atoms with Crippen LogP contribution in [0.1, 0.15) is 17.7 Å². The Bertz CT molecular complexity index is 1320. The standard InChI is InChI=1S/C28H28ClN5/c1-32-14-2-15-33(18-17-32)16-13-26-28(23-7-10-25(29)11-8-23)31-27-12-9-24(20-34(26)27)22-5-3-21(19-30)4-6-22/h3-12,20H,2,13-18H2,1H3. The molecular weight excluding hydrogens is 442 g/mol. The van der Waals surface area contributed by atoms with Gasteiger partial charge in [0.25, 0.3) is 0 Å². The lowest BCUT2D eigenvalue weighted by Crippen LogP contribution is -2.30. The van der Waals surface area contributed by atoms with Gasteiger partial charge in [-0.2, -0.15) is 5.26 Å². The van der Waals surface area contributed by atoms with E-state index < -0.39 is 0 Å². The number of rotatable bonds is 5. The fourth-order valence-electron chi connectivity index (χ4n) is 4.67. The van der Waals surface area contributed by atoms with Gasteiger partial charge in [0, 0.05) is 42.8 Å². The van der Waals surface area contributed by atoms with Gasteiger partial charge in [-0.25, -0.2) is 4.98 Å². The van der Waals surface area contributed by atoms with Crippen molar-refractivity contribution in [3.63, 3.8) is 0 Å². The molecule has 5 nitrogen and oxygen atoms in total. The summed E-state index contributed by atoms with van der Waals surface area (Å²) in [6.45, 7) is 5.51. The minimum atomic E-state index is 0.668. The van der Waals surface area contributed by atoms with E-state index in [9.17, 15) is 0 Å². The second-order valence-electron chi connectivity index (χ2n) is 9.00. The molecule has 4 aromatic rings. The first-order valence-corrected chi connectivity index (χ1v) is 12.2. The summed E-state index contributed by atoms with van der Waals surface area (Å²) in [6.07, 6.45) is 4.30. The number of nitriles is 1. The molecule has 0 N–H and O–H groups in total. The SMILES string of the molecule is CN1CCCN(CCc2c(-c3ccc(Cl)cc3)nc3ccc(-c4ccc(C#N)cc4)cn23)CC1. The maximum Gasteiger partial charge on any atom is 0.137 e. The van der Waals surface area contributed by atoms with Crippen LogP contribution in [0.4, 0.5) is 0 Å². The van der Waals surface area contributed by atoms with E-state index in [0.717, 1.165) is 72.2 Å². The molecule has 0 saturated carbocycles. The minimum Gasteiger partial charge on any atom is -0.305 e. The summed E-state index contributed by atoms with van der Waals surface area (Å²) in [5.74, 6) is 0. The zero-order chi connectivity index (χ0) is 23.5. The molecule has 34 heavy (non-hydrogen) atoms. The maximum absolute atomic E-state index is 9.13. The largest absolute Gasteiger partial charge is 0.305 e. The average Bonchev–Trinajstić information content (AvgIpc) is 3.09. The van der Waals surface area contributed by atoms with E-state index >= 15 is 0 Å². The Morgan fingerprint density at radius 3 is 2.38 bits per heavy atom. The van der Waals surface area contributed by atoms with Crippen LogP contribution in [0.2, 0.25) is 5.02 Å². The van der Waals surface area contributed by atoms with Crippen LogP contribution in [0.15, 0.2) is 66.9 Å². The molecule has 0 aliphatic carbocycles. The van der Waals surface area contributed by atoms with Gasteiger partial charge in [0.2, 0.25) is 0 Å². The summed E-state index contributed by atoms with van der Waals surface area (Å²) in [7, 11) is 2.21. The highest BCUT2D eigenvalue weighted by molar-refractivity contribution is 6.30. The van der Waals surface area contributed by atoms with Crippen molar-refractivity contribution in [1.29, 1.82) is 5.26 Å². The molecular formula is C28H28ClN5. The molecule has 1 fully saturated rings. The Morgan fingerprint density at radius 1 is 0.882 bits per heavy atom. The molecule has 1 saturated heterocycles. The normalized spacial score (nSPS) is 15.3. The van der Waals surface area contributed by atoms with Crippen molar-refractivity contribution in [3.05, 3.63) is 83.1 Å². The van der Waals surface area contributed by atoms with E-state index in [-0.39, 0.29) is 0 Å². The molecule has 3 heterocycles. The van der Waals surface area contributed by atoms with Crippen LogP contribution in [-0.4, -0.2) is 59.0 Å². The third-order valence-electron chi connectivity index (χ3n) is 6.66. The summed E-state index contributed by atoms with van der Waals surface area (Å²) in [4.78, 5) is 10.0. The fraction of sp³-hybridized carbons (Fsp3) is 0.286. The molecule has 172 valence electrons. The van der Waals surface area contributed by atoms with Crippen molar-refractivity contribution in [2.24, 2.45) is 0 Å². The van der Waals surface area contributed by atoms with E-state index in [1.165, 1.54) is 12.1 Å². The van der Waals surface area contributed by atoms with Gasteiger partial charge in [-0.1, -0.05) is 35.9 Å². The van der Waals surface area contributed by atoms with Crippen LogP contribution in [0.5, 0.6) is 0 Å². The van der Waals surface area contributed by atoms with Crippen LogP contribution < -0.4 is 0 Å². The van der Waals surface area contributed by atoms with Crippen molar-refractivity contribution in [2.75, 3.05) is 39.8 Å². The van der Waals surface area contributed by atoms with Gasteiger partial charge in [-0.15, -0.1) is 0 Å². The molecule has 0 unspecified atom stereocenters. The van der Waals surface area contributed by atoms with E-state index in [0.29, 0.717) is 5.56 Å². The van der Waals surface area contributed by atoms with Crippen LogP contribution in [-0.2, 0) is 6.42 Å². The number of likely N-dealkylation sites (N-methyl/N-ethyl adjacent to an activating group) is 1. The highest BCUT2D eigenvalue weighted by Gasteiger charge is 2.18. The molecule has 6 heteroatoms. The van der Waals surface area contributed by atoms with Crippen LogP contribution in [0.3, 0.4) is 0 Å². The summed E-state index contributed by atoms with van der Waals surface area (Å²) in [5, 5.41) is 9.85. The second kappa shape index (κ2) is 9.99. The van der Waals surface area contributed by atoms with Crippen LogP contribution in [0.25, 0.3) is 28.0 Å². The van der Waals surface area contributed by atoms with Crippen LogP contribution >= 0.6 is 11.6 Å². The molecule has 0 amide bonds. The number of hydrogen-bond donors (Lipinski definition) is 0. The van der Waals surface area contributed by atoms with Gasteiger partial charge < -0.3 is 14.2 Å². The first-order valence-electron chi connectivity index (χ1n) is 11.8. The Kier molecular flexibility index (Phi) is 6.64. The fourth-order valence-corrected chi connectivity index (χ4v) is 4.79. The molecule has 0 atom stereocenters. The monoisotopic (exact) mass is 469 g/mol. The molecule has 0 bridgehead atoms. The lowest BCUT2D eigenvalue weighted by Gasteiger charge is -2.20. The Labute approximate surface area is 205 Å². The van der Waals surface area contributed by atoms with Gasteiger partial charge in [0.15, 0.2) is 0 Å². The maximum atomic E-state index is 9.13. The number of hydrogen-bond acceptors (Lipinski definition) is 4. The van der Waals surface area contributed by atoms with Crippen molar-refractivity contribution in [2.45, 2.75) is 12.8 Å². The summed E-state index contributed by atoms with van der Waals surface area (Å²) in [5.41, 5.74) is 7.11. The van der Waals surface area contributed by atoms with Crippen molar-refractivity contribution in [3.8, 4) is 28.5 Å². The van der Waals surface area contributed by atoms with Crippen LogP contribution in [0, 0.1) is 11.3 Å². The van der Waals surface area contributed by atoms with Gasteiger partial charge in [0.1, 0.15) is 5.65 Å². The predicted octanol–water partition coefficient (Wildman–Crippen LogP) is 5.37. The van der Waals surface area contributed by atoms with E-state index in [1.54, 1.807) is 0 Å². The third-order valence-corrected chi connectivity index (χ3v) is 6.91. The number of imidazole rings is 1. The average molecular weight is 470 g/mol. The van der Waals surface area contributed by atoms with Crippen molar-refractivity contribution >= 4 is 17.2 Å². The zero-order valence-electron chi connectivity index (χ0n) is 19.4. The van der Waals surface area contributed by atoms with E-state index in [2.05, 4.69) is 57.8 Å². The zero-order valence-corrected chi connectivity index (χ0v) is 20.2. The Balaban J connectivity index is 1.53. The second-order valence-corrected chi connectivity index (χ2v) is 9.43. The summed E-state index contributed by atoms with van der Waals surface area (Å²) in [6, 6.07) is 22.1. The molecule has 1 aliphatic rings. The Hall–Kier alpha value is -3.17. The number of fused-ring (bicyclic) bond motifs is 1. The number of halogens is 1. The van der Waals surface area contributed by atoms with Gasteiger partial charge in [-0.3, -0.25) is 0 Å². The van der Waals surface area contributed by atoms with E-state index in [1.807, 2.05) is 36.4 Å². The summed E-state index contributed by atoms with van der Waals surface area (Å²) >= 11 is 6.16. The van der Waals surface area contributed by atoms with Gasteiger partial charge in [0.05, 0.1) is 23.0 Å². The van der Waals surface area contributed by atoms with E-state index in [4.69, 9.17) is 21.8 Å². The topological polar surface area (TPSA) is 47.6 Å². The number of pyridine rings is 1. The highest BCUT2D eigenvalue weighted by Crippen LogP contribution is 2.29. The molecule has 1 aliphatic heterocycles. The number of nitrogens with zero attached hydrogens (tertiary/aromatic N) is 5. The molecule has 0 radical (unpaired) electrons. The smallest absolute Gasteiger partial charge is 0.137 e. The first kappa shape index (κ1) is 22.6. The summed E-state index contributed by atoms with van der Waals surface area (Å²) < 4.78 is 2.24. The lowest BCUT2D eigenvalue weighted by molar-refractivity contribution is 0.278. The number of aromatic nitrogens is 2. The minimum absolute atomic E-state index is 0.668. The van der Waals surface area contributed by atoms with Crippen molar-refractivity contribution < 1.29 is 0 Å². The quantitative estimate of drug-likeness (QED) is 0.394. The first-order chi connectivity index (χ1) is 16.6. The van der Waals surface area contributed by atoms with Gasteiger partial charge >= 0.3 is 0 Å². The van der Waals surface area contributed by atoms with Gasteiger partial charge in [-0.05, 0) is 74.1 Å².